The van der Waals surface area contributed by atoms with Crippen molar-refractivity contribution in [1.82, 2.24) is 29.9 Å². The van der Waals surface area contributed by atoms with Crippen LogP contribution < -0.4 is 0 Å². The van der Waals surface area contributed by atoms with Gasteiger partial charge in [0.05, 0.1) is 34.2 Å². The number of aromatic nitrogens is 6. The summed E-state index contributed by atoms with van der Waals surface area (Å²) in [6, 6.07) is 18.1. The van der Waals surface area contributed by atoms with Crippen LogP contribution in [-0.4, -0.2) is 29.9 Å². The van der Waals surface area contributed by atoms with Gasteiger partial charge < -0.3 is 0 Å². The predicted molar refractivity (Wildman–Crippen MR) is 213 cm³/mol. The van der Waals surface area contributed by atoms with Crippen LogP contribution in [0.2, 0.25) is 0 Å². The van der Waals surface area contributed by atoms with E-state index in [0.29, 0.717) is 0 Å². The normalized spacial score (nSPS) is 15.7. The maximum Gasteiger partial charge on any atom is 0.0921 e. The van der Waals surface area contributed by atoms with Crippen molar-refractivity contribution in [3.63, 3.8) is 0 Å². The highest BCUT2D eigenvalue weighted by atomic mass is 14.8. The number of pyridine rings is 6. The third kappa shape index (κ3) is 5.67. The third-order valence-electron chi connectivity index (χ3n) is 11.0. The van der Waals surface area contributed by atoms with E-state index < -0.39 is 0 Å². The van der Waals surface area contributed by atoms with Gasteiger partial charge in [-0.05, 0) is 159 Å². The van der Waals surface area contributed by atoms with E-state index in [0.717, 1.165) is 62.0 Å². The van der Waals surface area contributed by atoms with Crippen LogP contribution in [0, 0.1) is 47.0 Å². The molecular formula is C46H46N6. The van der Waals surface area contributed by atoms with Gasteiger partial charge in [0.1, 0.15) is 0 Å². The summed E-state index contributed by atoms with van der Waals surface area (Å²) in [4.78, 5) is 29.1. The van der Waals surface area contributed by atoms with Crippen molar-refractivity contribution >= 4 is 11.1 Å². The molecule has 0 fully saturated rings. The highest BCUT2D eigenvalue weighted by Gasteiger charge is 2.45. The van der Waals surface area contributed by atoms with E-state index in [1.165, 1.54) is 44.5 Å². The summed E-state index contributed by atoms with van der Waals surface area (Å²) in [6.07, 6.45) is 11.6. The summed E-state index contributed by atoms with van der Waals surface area (Å²) >= 11 is 0. The first kappa shape index (κ1) is 34.8. The second-order valence-electron chi connectivity index (χ2n) is 14.8. The zero-order valence-corrected chi connectivity index (χ0v) is 31.9. The summed E-state index contributed by atoms with van der Waals surface area (Å²) in [5, 5.41) is 0. The maximum absolute atomic E-state index is 4.97. The maximum atomic E-state index is 4.97. The number of allylic oxidation sites excluding steroid dienone is 4. The summed E-state index contributed by atoms with van der Waals surface area (Å²) in [5.74, 6) is 0.0159. The molecule has 6 heterocycles. The number of aryl methyl sites for hydroxylation is 3. The number of hydrogen-bond acceptors (Lipinski definition) is 6. The lowest BCUT2D eigenvalue weighted by Gasteiger charge is -2.46. The lowest BCUT2D eigenvalue weighted by atomic mass is 9.57. The Morgan fingerprint density at radius 3 is 1.37 bits per heavy atom. The zero-order chi connectivity index (χ0) is 36.9. The van der Waals surface area contributed by atoms with Gasteiger partial charge >= 0.3 is 0 Å². The lowest BCUT2D eigenvalue weighted by Crippen LogP contribution is -2.32. The average molecular weight is 683 g/mol. The minimum absolute atomic E-state index is 0.0159. The molecule has 0 saturated heterocycles. The molecule has 0 N–H and O–H groups in total. The Morgan fingerprint density at radius 2 is 0.904 bits per heavy atom. The molecule has 260 valence electrons. The standard InChI is InChI=1S/C46H46N6/c1-26-23-50-43(34-17-11-14-20-47-34)31(6)37(26)40-29(4)41(38-27(2)24-51-44(32(38)7)35-18-12-15-21-48-35)46(9,10)42(30(40)5)39-28(3)25-52-45(33(39)8)36-19-13-16-22-49-36/h11-25,41H,1-10H3/t41-/m0/s1. The van der Waals surface area contributed by atoms with Crippen LogP contribution in [0.1, 0.15) is 83.7 Å². The molecule has 0 aromatic carbocycles. The molecule has 7 rings (SSSR count). The van der Waals surface area contributed by atoms with Crippen molar-refractivity contribution in [2.24, 2.45) is 5.41 Å². The van der Waals surface area contributed by atoms with Gasteiger partial charge in [-0.25, -0.2) is 0 Å². The fourth-order valence-electron chi connectivity index (χ4n) is 8.93. The van der Waals surface area contributed by atoms with Gasteiger partial charge in [0.25, 0.3) is 0 Å². The topological polar surface area (TPSA) is 77.3 Å². The first-order valence-corrected chi connectivity index (χ1v) is 18.0. The van der Waals surface area contributed by atoms with E-state index in [1.807, 2.05) is 85.7 Å². The highest BCUT2D eigenvalue weighted by Crippen LogP contribution is 2.60. The Hall–Kier alpha value is -5.62. The van der Waals surface area contributed by atoms with Crippen molar-refractivity contribution in [2.75, 3.05) is 0 Å². The molecule has 6 heteroatoms. The second-order valence-corrected chi connectivity index (χ2v) is 14.8. The van der Waals surface area contributed by atoms with Gasteiger partial charge in [0, 0.05) is 48.5 Å². The van der Waals surface area contributed by atoms with Crippen LogP contribution in [0.15, 0.2) is 103 Å². The first-order chi connectivity index (χ1) is 24.9. The quantitative estimate of drug-likeness (QED) is 0.174. The van der Waals surface area contributed by atoms with Crippen molar-refractivity contribution < 1.29 is 0 Å². The van der Waals surface area contributed by atoms with E-state index in [1.54, 1.807) is 0 Å². The molecule has 52 heavy (non-hydrogen) atoms. The fraction of sp³-hybridized carbons (Fsp3) is 0.261. The van der Waals surface area contributed by atoms with Crippen molar-refractivity contribution in [2.45, 2.75) is 75.2 Å². The molecule has 0 unspecified atom stereocenters. The van der Waals surface area contributed by atoms with Gasteiger partial charge in [0.2, 0.25) is 0 Å². The van der Waals surface area contributed by atoms with Crippen LogP contribution >= 0.6 is 0 Å². The second kappa shape index (κ2) is 13.5. The number of hydrogen-bond donors (Lipinski definition) is 0. The minimum atomic E-state index is -0.340. The SMILES string of the molecule is CC1=C(c2c(C)cnc(-c3ccccn3)c2C)C(C)(C)[C@H](c2c(C)cnc(-c3ccccn3)c2C)C(C)=C1c1c(C)cnc(-c2ccccn2)c1C. The van der Waals surface area contributed by atoms with Gasteiger partial charge in [-0.1, -0.05) is 37.6 Å². The molecule has 0 aliphatic heterocycles. The predicted octanol–water partition coefficient (Wildman–Crippen LogP) is 11.0. The summed E-state index contributed by atoms with van der Waals surface area (Å²) in [7, 11) is 0. The Kier molecular flexibility index (Phi) is 9.04. The van der Waals surface area contributed by atoms with Crippen LogP contribution in [-0.2, 0) is 0 Å². The monoisotopic (exact) mass is 682 g/mol. The zero-order valence-electron chi connectivity index (χ0n) is 31.9. The van der Waals surface area contributed by atoms with E-state index in [9.17, 15) is 0 Å². The molecule has 0 bridgehead atoms. The van der Waals surface area contributed by atoms with E-state index >= 15 is 0 Å². The first-order valence-electron chi connectivity index (χ1n) is 18.0. The van der Waals surface area contributed by atoms with E-state index in [-0.39, 0.29) is 11.3 Å². The molecule has 0 radical (unpaired) electrons. The lowest BCUT2D eigenvalue weighted by molar-refractivity contribution is 0.421. The van der Waals surface area contributed by atoms with E-state index in [4.69, 9.17) is 29.9 Å². The Morgan fingerprint density at radius 1 is 0.481 bits per heavy atom. The van der Waals surface area contributed by atoms with Crippen LogP contribution in [0.3, 0.4) is 0 Å². The number of rotatable bonds is 6. The molecule has 6 nitrogen and oxygen atoms in total. The van der Waals surface area contributed by atoms with Crippen molar-refractivity contribution in [3.8, 4) is 34.2 Å². The summed E-state index contributed by atoms with van der Waals surface area (Å²) in [6.45, 7) is 22.7. The molecule has 6 aromatic heterocycles. The molecule has 1 aliphatic rings. The molecule has 1 aliphatic carbocycles. The fourth-order valence-corrected chi connectivity index (χ4v) is 8.93. The summed E-state index contributed by atoms with van der Waals surface area (Å²) in [5.41, 5.74) is 20.8. The molecule has 0 saturated carbocycles. The highest BCUT2D eigenvalue weighted by molar-refractivity contribution is 5.99. The molecule has 6 aromatic rings. The molecule has 1 atom stereocenters. The summed E-state index contributed by atoms with van der Waals surface area (Å²) < 4.78 is 0. The van der Waals surface area contributed by atoms with Crippen LogP contribution in [0.5, 0.6) is 0 Å². The van der Waals surface area contributed by atoms with Gasteiger partial charge in [-0.2, -0.15) is 0 Å². The Balaban J connectivity index is 1.59. The number of nitrogens with zero attached hydrogens (tertiary/aromatic N) is 6. The van der Waals surface area contributed by atoms with E-state index in [2.05, 4.69) is 75.3 Å². The van der Waals surface area contributed by atoms with Gasteiger partial charge in [-0.3, -0.25) is 29.9 Å². The third-order valence-corrected chi connectivity index (χ3v) is 11.0. The molecular weight excluding hydrogens is 637 g/mol. The Labute approximate surface area is 307 Å². The Bertz CT molecular complexity index is 2390. The molecule has 0 spiro atoms. The van der Waals surface area contributed by atoms with Gasteiger partial charge in [0.15, 0.2) is 0 Å². The van der Waals surface area contributed by atoms with Crippen LogP contribution in [0.25, 0.3) is 45.3 Å². The smallest absolute Gasteiger partial charge is 0.0921 e. The average Bonchev–Trinajstić information content (AvgIpc) is 3.13. The largest absolute Gasteiger partial charge is 0.255 e. The van der Waals surface area contributed by atoms with Crippen molar-refractivity contribution in [3.05, 3.63) is 153 Å². The van der Waals surface area contributed by atoms with Crippen molar-refractivity contribution in [1.29, 1.82) is 0 Å². The minimum Gasteiger partial charge on any atom is -0.255 e. The van der Waals surface area contributed by atoms with Crippen LogP contribution in [0.4, 0.5) is 0 Å². The van der Waals surface area contributed by atoms with Gasteiger partial charge in [-0.15, -0.1) is 0 Å². The molecule has 0 amide bonds.